The van der Waals surface area contributed by atoms with E-state index in [1.807, 2.05) is 24.4 Å². The van der Waals surface area contributed by atoms with E-state index in [9.17, 15) is 8.42 Å². The van der Waals surface area contributed by atoms with Gasteiger partial charge >= 0.3 is 0 Å². The molecule has 2 N–H and O–H groups in total. The fourth-order valence-corrected chi connectivity index (χ4v) is 3.19. The quantitative estimate of drug-likeness (QED) is 0.808. The van der Waals surface area contributed by atoms with E-state index in [4.69, 9.17) is 16.9 Å². The van der Waals surface area contributed by atoms with Crippen molar-refractivity contribution in [3.05, 3.63) is 35.0 Å². The molecule has 118 valence electrons. The lowest BCUT2D eigenvalue weighted by molar-refractivity contribution is 0.465. The Morgan fingerprint density at radius 3 is 2.95 bits per heavy atom. The number of H-pyrrole nitrogens is 1. The van der Waals surface area contributed by atoms with E-state index in [0.29, 0.717) is 11.4 Å². The number of benzene rings is 1. The molecular weight excluding hydrogens is 324 g/mol. The van der Waals surface area contributed by atoms with Crippen LogP contribution >= 0.6 is 11.6 Å². The van der Waals surface area contributed by atoms with Crippen molar-refractivity contribution >= 4 is 32.7 Å². The fourth-order valence-electron chi connectivity index (χ4n) is 2.11. The van der Waals surface area contributed by atoms with Gasteiger partial charge in [-0.3, -0.25) is 0 Å². The minimum absolute atomic E-state index is 0.165. The van der Waals surface area contributed by atoms with Crippen LogP contribution in [0, 0.1) is 11.3 Å². The summed E-state index contributed by atoms with van der Waals surface area (Å²) >= 11 is 5.99. The average molecular weight is 341 g/mol. The molecule has 1 aromatic carbocycles. The van der Waals surface area contributed by atoms with E-state index in [0.717, 1.165) is 20.8 Å². The molecule has 0 radical (unpaired) electrons. The van der Waals surface area contributed by atoms with Crippen LogP contribution in [0.3, 0.4) is 0 Å². The van der Waals surface area contributed by atoms with Crippen molar-refractivity contribution in [1.82, 2.24) is 14.0 Å². The van der Waals surface area contributed by atoms with Gasteiger partial charge in [0.1, 0.15) is 0 Å². The number of hydrogen-bond acceptors (Lipinski definition) is 3. The molecular formula is C14H17ClN4O2S. The maximum absolute atomic E-state index is 12.0. The number of halogens is 1. The highest BCUT2D eigenvalue weighted by Gasteiger charge is 2.16. The number of hydrogen-bond donors (Lipinski definition) is 2. The van der Waals surface area contributed by atoms with Crippen LogP contribution in [-0.4, -0.2) is 37.8 Å². The summed E-state index contributed by atoms with van der Waals surface area (Å²) in [5, 5.41) is 10.1. The van der Waals surface area contributed by atoms with Gasteiger partial charge in [0.05, 0.1) is 6.07 Å². The Hall–Kier alpha value is -1.59. The maximum atomic E-state index is 12.0. The van der Waals surface area contributed by atoms with Gasteiger partial charge in [-0.2, -0.15) is 18.0 Å². The zero-order valence-electron chi connectivity index (χ0n) is 12.1. The highest BCUT2D eigenvalue weighted by Crippen LogP contribution is 2.22. The second-order valence-electron chi connectivity index (χ2n) is 4.88. The summed E-state index contributed by atoms with van der Waals surface area (Å²) in [6.45, 7) is 0.452. The molecule has 0 amide bonds. The highest BCUT2D eigenvalue weighted by molar-refractivity contribution is 7.87. The van der Waals surface area contributed by atoms with Crippen molar-refractivity contribution in [1.29, 1.82) is 5.26 Å². The summed E-state index contributed by atoms with van der Waals surface area (Å²) in [6.07, 6.45) is 2.57. The smallest absolute Gasteiger partial charge is 0.279 e. The predicted molar refractivity (Wildman–Crippen MR) is 86.8 cm³/mol. The van der Waals surface area contributed by atoms with Gasteiger partial charge in [-0.15, -0.1) is 0 Å². The third kappa shape index (κ3) is 3.99. The van der Waals surface area contributed by atoms with Crippen LogP contribution in [0.2, 0.25) is 5.02 Å². The van der Waals surface area contributed by atoms with Crippen LogP contribution in [0.5, 0.6) is 0 Å². The largest absolute Gasteiger partial charge is 0.361 e. The van der Waals surface area contributed by atoms with Gasteiger partial charge in [0.25, 0.3) is 10.2 Å². The number of aromatic amines is 1. The molecule has 2 rings (SSSR count). The second kappa shape index (κ2) is 7.11. The predicted octanol–water partition coefficient (Wildman–Crippen LogP) is 2.04. The van der Waals surface area contributed by atoms with E-state index in [2.05, 4.69) is 9.71 Å². The Labute approximate surface area is 134 Å². The third-order valence-electron chi connectivity index (χ3n) is 3.36. The summed E-state index contributed by atoms with van der Waals surface area (Å²) in [7, 11) is -2.10. The molecule has 0 atom stereocenters. The molecule has 0 aliphatic carbocycles. The number of fused-ring (bicyclic) bond motifs is 1. The molecule has 2 aromatic rings. The summed E-state index contributed by atoms with van der Waals surface area (Å²) < 4.78 is 27.6. The SMILES string of the molecule is CN(CCC#N)S(=O)(=O)NCCc1c[nH]c2ccc(Cl)cc12. The van der Waals surface area contributed by atoms with E-state index in [1.165, 1.54) is 7.05 Å². The van der Waals surface area contributed by atoms with Crippen LogP contribution in [-0.2, 0) is 16.6 Å². The molecule has 1 heterocycles. The summed E-state index contributed by atoms with van der Waals surface area (Å²) in [5.74, 6) is 0. The minimum Gasteiger partial charge on any atom is -0.361 e. The molecule has 0 bridgehead atoms. The van der Waals surface area contributed by atoms with Crippen LogP contribution in [0.25, 0.3) is 10.9 Å². The van der Waals surface area contributed by atoms with Gasteiger partial charge in [0, 0.05) is 48.7 Å². The molecule has 0 saturated carbocycles. The highest BCUT2D eigenvalue weighted by atomic mass is 35.5. The molecule has 1 aromatic heterocycles. The van der Waals surface area contributed by atoms with Gasteiger partial charge < -0.3 is 4.98 Å². The molecule has 0 unspecified atom stereocenters. The third-order valence-corrected chi connectivity index (χ3v) is 5.16. The lowest BCUT2D eigenvalue weighted by Gasteiger charge is -2.16. The van der Waals surface area contributed by atoms with Gasteiger partial charge in [-0.25, -0.2) is 4.72 Å². The first kappa shape index (κ1) is 16.8. The van der Waals surface area contributed by atoms with Crippen molar-refractivity contribution in [2.45, 2.75) is 12.8 Å². The summed E-state index contributed by atoms with van der Waals surface area (Å²) in [5.41, 5.74) is 1.97. The minimum atomic E-state index is -3.55. The van der Waals surface area contributed by atoms with Crippen LogP contribution in [0.4, 0.5) is 0 Å². The van der Waals surface area contributed by atoms with E-state index in [1.54, 1.807) is 6.07 Å². The molecule has 0 fully saturated rings. The van der Waals surface area contributed by atoms with Crippen molar-refractivity contribution in [2.75, 3.05) is 20.1 Å². The van der Waals surface area contributed by atoms with Gasteiger partial charge in [-0.1, -0.05) is 11.6 Å². The molecule has 0 spiro atoms. The number of nitriles is 1. The monoisotopic (exact) mass is 340 g/mol. The lowest BCUT2D eigenvalue weighted by atomic mass is 10.1. The lowest BCUT2D eigenvalue weighted by Crippen LogP contribution is -2.39. The standard InChI is InChI=1S/C14H17ClN4O2S/c1-19(8-2-6-16)22(20,21)18-7-5-11-10-17-14-4-3-12(15)9-13(11)14/h3-4,9-10,17-18H,2,5,7-8H2,1H3. The Balaban J connectivity index is 1.98. The van der Waals surface area contributed by atoms with Gasteiger partial charge in [-0.05, 0) is 30.2 Å². The number of nitrogens with one attached hydrogen (secondary N) is 2. The Morgan fingerprint density at radius 1 is 1.45 bits per heavy atom. The van der Waals surface area contributed by atoms with Crippen molar-refractivity contribution in [3.63, 3.8) is 0 Å². The molecule has 8 heteroatoms. The molecule has 0 aliphatic rings. The first-order valence-electron chi connectivity index (χ1n) is 6.77. The fraction of sp³-hybridized carbons (Fsp3) is 0.357. The Morgan fingerprint density at radius 2 is 2.23 bits per heavy atom. The normalized spacial score (nSPS) is 11.9. The van der Waals surface area contributed by atoms with Gasteiger partial charge in [0.2, 0.25) is 0 Å². The number of aromatic nitrogens is 1. The number of rotatable bonds is 7. The van der Waals surface area contributed by atoms with Crippen molar-refractivity contribution in [2.24, 2.45) is 0 Å². The molecule has 6 nitrogen and oxygen atoms in total. The van der Waals surface area contributed by atoms with Crippen LogP contribution < -0.4 is 4.72 Å². The zero-order chi connectivity index (χ0) is 16.2. The van der Waals surface area contributed by atoms with E-state index < -0.39 is 10.2 Å². The first-order valence-corrected chi connectivity index (χ1v) is 8.59. The molecule has 0 saturated heterocycles. The maximum Gasteiger partial charge on any atom is 0.279 e. The van der Waals surface area contributed by atoms with Gasteiger partial charge in [0.15, 0.2) is 0 Å². The van der Waals surface area contributed by atoms with Crippen LogP contribution in [0.1, 0.15) is 12.0 Å². The summed E-state index contributed by atoms with van der Waals surface area (Å²) in [6, 6.07) is 7.47. The Bertz CT molecular complexity index is 795. The average Bonchev–Trinajstić information content (AvgIpc) is 2.87. The molecule has 22 heavy (non-hydrogen) atoms. The second-order valence-corrected chi connectivity index (χ2v) is 7.18. The van der Waals surface area contributed by atoms with Crippen LogP contribution in [0.15, 0.2) is 24.4 Å². The first-order chi connectivity index (χ1) is 10.4. The Kier molecular flexibility index (Phi) is 5.42. The van der Waals surface area contributed by atoms with E-state index in [-0.39, 0.29) is 19.5 Å². The number of nitrogens with zero attached hydrogens (tertiary/aromatic N) is 2. The van der Waals surface area contributed by atoms with Crippen molar-refractivity contribution < 1.29 is 8.42 Å². The van der Waals surface area contributed by atoms with Crippen molar-refractivity contribution in [3.8, 4) is 6.07 Å². The zero-order valence-corrected chi connectivity index (χ0v) is 13.7. The summed E-state index contributed by atoms with van der Waals surface area (Å²) in [4.78, 5) is 3.13. The van der Waals surface area contributed by atoms with E-state index >= 15 is 0 Å². The molecule has 0 aliphatic heterocycles. The topological polar surface area (TPSA) is 89.0 Å².